The average molecular weight is 480 g/mol. The van der Waals surface area contributed by atoms with Crippen LogP contribution in [0.3, 0.4) is 0 Å². The predicted molar refractivity (Wildman–Crippen MR) is 130 cm³/mol. The molecule has 2 N–H and O–H groups in total. The molecule has 2 aliphatic rings. The molecule has 0 spiro atoms. The van der Waals surface area contributed by atoms with Crippen LogP contribution in [0.15, 0.2) is 34.0 Å². The van der Waals surface area contributed by atoms with Gasteiger partial charge in [0.2, 0.25) is 5.88 Å². The highest BCUT2D eigenvalue weighted by molar-refractivity contribution is 7.25. The topological polar surface area (TPSA) is 111 Å². The van der Waals surface area contributed by atoms with E-state index in [4.69, 9.17) is 9.47 Å². The lowest BCUT2D eigenvalue weighted by Gasteiger charge is -2.32. The van der Waals surface area contributed by atoms with Crippen LogP contribution < -0.4 is 26.0 Å². The van der Waals surface area contributed by atoms with Crippen molar-refractivity contribution in [3.63, 3.8) is 0 Å². The number of H-pyrrole nitrogens is 1. The normalized spacial score (nSPS) is 21.5. The van der Waals surface area contributed by atoms with E-state index in [0.717, 1.165) is 25.1 Å². The first-order valence-corrected chi connectivity index (χ1v) is 12.3. The molecule has 1 aliphatic carbocycles. The van der Waals surface area contributed by atoms with Gasteiger partial charge in [0, 0.05) is 18.5 Å². The summed E-state index contributed by atoms with van der Waals surface area (Å²) in [5.74, 6) is 2.22. The molecule has 176 valence electrons. The fraction of sp³-hybridized carbons (Fsp3) is 0.417. The summed E-state index contributed by atoms with van der Waals surface area (Å²) in [5, 5.41) is 3.66. The highest BCUT2D eigenvalue weighted by Gasteiger charge is 2.40. The summed E-state index contributed by atoms with van der Waals surface area (Å²) < 4.78 is 12.5. The molecule has 0 saturated carbocycles. The molecule has 1 saturated heterocycles. The molecule has 1 fully saturated rings. The highest BCUT2D eigenvalue weighted by Crippen LogP contribution is 2.45. The van der Waals surface area contributed by atoms with Crippen molar-refractivity contribution >= 4 is 31.9 Å². The van der Waals surface area contributed by atoms with Gasteiger partial charge in [0.25, 0.3) is 5.56 Å². The Morgan fingerprint density at radius 1 is 1.24 bits per heavy atom. The number of thiophene rings is 1. The zero-order valence-electron chi connectivity index (χ0n) is 19.0. The molecule has 1 aliphatic heterocycles. The molecule has 1 unspecified atom stereocenters. The van der Waals surface area contributed by atoms with Crippen molar-refractivity contribution in [2.75, 3.05) is 20.8 Å². The number of nitrogens with zero attached hydrogens (tertiary/aromatic N) is 3. The number of methoxy groups -OCH3 is 2. The lowest BCUT2D eigenvalue weighted by Crippen LogP contribution is -2.37. The van der Waals surface area contributed by atoms with Crippen LogP contribution in [-0.4, -0.2) is 46.3 Å². The van der Waals surface area contributed by atoms with Gasteiger partial charge in [0.05, 0.1) is 25.9 Å². The number of nitrogens with one attached hydrogen (secondary N) is 2. The van der Waals surface area contributed by atoms with Crippen LogP contribution >= 0.6 is 11.3 Å². The van der Waals surface area contributed by atoms with Crippen LogP contribution in [0.25, 0.3) is 20.6 Å². The van der Waals surface area contributed by atoms with Crippen molar-refractivity contribution in [3.8, 4) is 11.6 Å². The summed E-state index contributed by atoms with van der Waals surface area (Å²) in [6, 6.07) is 6.46. The Bertz CT molecular complexity index is 1520. The Balaban J connectivity index is 1.32. The number of rotatable bonds is 5. The zero-order valence-corrected chi connectivity index (χ0v) is 19.8. The number of aromatic amines is 1. The van der Waals surface area contributed by atoms with Gasteiger partial charge >= 0.3 is 5.69 Å². The molecule has 10 heteroatoms. The number of ether oxygens (including phenoxy) is 2. The number of fused-ring (bicyclic) bond motifs is 6. The van der Waals surface area contributed by atoms with Crippen LogP contribution in [0.1, 0.15) is 29.9 Å². The maximum Gasteiger partial charge on any atom is 0.328 e. The van der Waals surface area contributed by atoms with E-state index in [2.05, 4.69) is 32.4 Å². The lowest BCUT2D eigenvalue weighted by atomic mass is 9.73. The maximum absolute atomic E-state index is 13.3. The van der Waals surface area contributed by atoms with Crippen molar-refractivity contribution in [1.82, 2.24) is 24.8 Å². The molecule has 0 amide bonds. The van der Waals surface area contributed by atoms with E-state index in [-0.39, 0.29) is 11.6 Å². The fourth-order valence-electron chi connectivity index (χ4n) is 5.68. The molecule has 4 aromatic rings. The lowest BCUT2D eigenvalue weighted by molar-refractivity contribution is 0.371. The first-order valence-electron chi connectivity index (χ1n) is 11.4. The molecule has 9 nitrogen and oxygen atoms in total. The molecule has 34 heavy (non-hydrogen) atoms. The minimum absolute atomic E-state index is 0.188. The van der Waals surface area contributed by atoms with Crippen molar-refractivity contribution in [2.45, 2.75) is 37.8 Å². The Labute approximate surface area is 198 Å². The van der Waals surface area contributed by atoms with Crippen molar-refractivity contribution in [3.05, 3.63) is 56.4 Å². The maximum atomic E-state index is 13.3. The van der Waals surface area contributed by atoms with Gasteiger partial charge in [-0.15, -0.1) is 11.3 Å². The third kappa shape index (κ3) is 3.24. The second kappa shape index (κ2) is 8.21. The van der Waals surface area contributed by atoms with Gasteiger partial charge in [-0.2, -0.15) is 4.98 Å². The van der Waals surface area contributed by atoms with E-state index in [9.17, 15) is 9.59 Å². The molecule has 3 atom stereocenters. The second-order valence-electron chi connectivity index (χ2n) is 8.92. The molecule has 0 bridgehead atoms. The van der Waals surface area contributed by atoms with Gasteiger partial charge in [0.1, 0.15) is 20.8 Å². The van der Waals surface area contributed by atoms with Crippen molar-refractivity contribution < 1.29 is 9.47 Å². The molecule has 1 aromatic carbocycles. The highest BCUT2D eigenvalue weighted by atomic mass is 32.1. The third-order valence-electron chi connectivity index (χ3n) is 7.27. The Morgan fingerprint density at radius 2 is 2.12 bits per heavy atom. The zero-order chi connectivity index (χ0) is 23.4. The minimum Gasteiger partial charge on any atom is -0.496 e. The summed E-state index contributed by atoms with van der Waals surface area (Å²) in [6.45, 7) is 1.29. The summed E-state index contributed by atoms with van der Waals surface area (Å²) >= 11 is 1.23. The predicted octanol–water partition coefficient (Wildman–Crippen LogP) is 2.42. The van der Waals surface area contributed by atoms with E-state index in [1.165, 1.54) is 40.3 Å². The van der Waals surface area contributed by atoms with Crippen molar-refractivity contribution in [1.29, 1.82) is 0 Å². The van der Waals surface area contributed by atoms with Crippen molar-refractivity contribution in [2.24, 2.45) is 5.92 Å². The number of hydrogen-bond donors (Lipinski definition) is 2. The van der Waals surface area contributed by atoms with E-state index in [1.807, 2.05) is 6.07 Å². The van der Waals surface area contributed by atoms with E-state index < -0.39 is 5.69 Å². The summed E-state index contributed by atoms with van der Waals surface area (Å²) in [7, 11) is 3.23. The smallest absolute Gasteiger partial charge is 0.328 e. The van der Waals surface area contributed by atoms with Crippen LogP contribution in [0.5, 0.6) is 11.6 Å². The van der Waals surface area contributed by atoms with Crippen LogP contribution in [0.2, 0.25) is 0 Å². The average Bonchev–Trinajstić information content (AvgIpc) is 3.44. The monoisotopic (exact) mass is 479 g/mol. The van der Waals surface area contributed by atoms with Gasteiger partial charge in [0.15, 0.2) is 0 Å². The number of aromatic nitrogens is 4. The second-order valence-corrected chi connectivity index (χ2v) is 9.91. The molecule has 4 heterocycles. The van der Waals surface area contributed by atoms with Gasteiger partial charge in [-0.1, -0.05) is 12.1 Å². The summed E-state index contributed by atoms with van der Waals surface area (Å²) in [4.78, 5) is 38.3. The standard InChI is InChI=1S/C24H25N5O4S/c1-32-16-5-3-4-14-13(16)7-6-12-10-25-15(18(12)14)8-9-29-23(30)21-19(28-24(29)31)20-22(34-21)27-17(33-2)11-26-20/h3-5,11-12,15,18,25H,6-10H2,1-2H3,(H,28,31)/t12-,15?,18+/m0/s1. The van der Waals surface area contributed by atoms with Crippen LogP contribution in [-0.2, 0) is 13.0 Å². The molecule has 0 radical (unpaired) electrons. The van der Waals surface area contributed by atoms with Gasteiger partial charge in [-0.3, -0.25) is 9.36 Å². The summed E-state index contributed by atoms with van der Waals surface area (Å²) in [5.41, 5.74) is 2.84. The van der Waals surface area contributed by atoms with Crippen LogP contribution in [0.4, 0.5) is 0 Å². The van der Waals surface area contributed by atoms with Gasteiger partial charge < -0.3 is 19.8 Å². The fourth-order valence-corrected chi connectivity index (χ4v) is 6.71. The quantitative estimate of drug-likeness (QED) is 0.452. The molecular formula is C24H25N5O4S. The first kappa shape index (κ1) is 21.3. The number of hydrogen-bond acceptors (Lipinski definition) is 8. The minimum atomic E-state index is -0.421. The Morgan fingerprint density at radius 3 is 2.94 bits per heavy atom. The van der Waals surface area contributed by atoms with E-state index in [1.54, 1.807) is 7.11 Å². The first-order chi connectivity index (χ1) is 16.6. The van der Waals surface area contributed by atoms with Crippen LogP contribution in [0, 0.1) is 5.92 Å². The summed E-state index contributed by atoms with van der Waals surface area (Å²) in [6.07, 6.45) is 4.29. The Hall–Kier alpha value is -3.24. The molecule has 3 aromatic heterocycles. The SMILES string of the molecule is COc1cnc2c(n1)sc1c(=O)n(CCC3NC[C@@H]4CCc5c(OC)cccc5[C@H]34)c(=O)[nH]c12. The Kier molecular flexibility index (Phi) is 5.14. The largest absolute Gasteiger partial charge is 0.496 e. The third-order valence-corrected chi connectivity index (χ3v) is 8.33. The number of benzene rings is 1. The van der Waals surface area contributed by atoms with Gasteiger partial charge in [-0.25, -0.2) is 9.78 Å². The van der Waals surface area contributed by atoms with E-state index >= 15 is 0 Å². The molecular weight excluding hydrogens is 454 g/mol. The van der Waals surface area contributed by atoms with E-state index in [0.29, 0.717) is 51.2 Å². The van der Waals surface area contributed by atoms with Gasteiger partial charge in [-0.05, 0) is 48.9 Å². The molecule has 6 rings (SSSR count).